The third kappa shape index (κ3) is 3.50. The number of aromatic nitrogens is 1. The first-order valence-corrected chi connectivity index (χ1v) is 6.73. The number of carbonyl (C=O) groups is 1. The predicted molar refractivity (Wildman–Crippen MR) is 74.0 cm³/mol. The van der Waals surface area contributed by atoms with Crippen molar-refractivity contribution >= 4 is 34.0 Å². The third-order valence-corrected chi connectivity index (χ3v) is 3.56. The summed E-state index contributed by atoms with van der Waals surface area (Å²) in [5.41, 5.74) is 6.23. The molecule has 0 spiro atoms. The first-order valence-electron chi connectivity index (χ1n) is 5.47. The van der Waals surface area contributed by atoms with Crippen molar-refractivity contribution in [2.24, 2.45) is 5.73 Å². The van der Waals surface area contributed by atoms with Crippen LogP contribution in [0.25, 0.3) is 0 Å². The SMILES string of the molecule is NCC(=O)Nc1nc(Cc2c(F)cccc2Cl)cs1. The minimum absolute atomic E-state index is 0.103. The van der Waals surface area contributed by atoms with Crippen LogP contribution in [0.5, 0.6) is 0 Å². The topological polar surface area (TPSA) is 68.0 Å². The second kappa shape index (κ2) is 6.10. The highest BCUT2D eigenvalue weighted by molar-refractivity contribution is 7.13. The van der Waals surface area contributed by atoms with Gasteiger partial charge in [-0.15, -0.1) is 11.3 Å². The van der Waals surface area contributed by atoms with Gasteiger partial charge in [0.15, 0.2) is 5.13 Å². The molecule has 0 saturated carbocycles. The van der Waals surface area contributed by atoms with Crippen LogP contribution in [-0.4, -0.2) is 17.4 Å². The fourth-order valence-corrected chi connectivity index (χ4v) is 2.45. The van der Waals surface area contributed by atoms with Crippen LogP contribution < -0.4 is 11.1 Å². The number of carbonyl (C=O) groups excluding carboxylic acids is 1. The quantitative estimate of drug-likeness (QED) is 0.911. The first-order chi connectivity index (χ1) is 9.10. The molecule has 0 fully saturated rings. The molecule has 0 unspecified atom stereocenters. The Labute approximate surface area is 118 Å². The van der Waals surface area contributed by atoms with Crippen LogP contribution in [0.15, 0.2) is 23.6 Å². The van der Waals surface area contributed by atoms with Crippen LogP contribution in [0, 0.1) is 5.82 Å². The van der Waals surface area contributed by atoms with E-state index in [2.05, 4.69) is 10.3 Å². The van der Waals surface area contributed by atoms with Crippen molar-refractivity contribution in [3.8, 4) is 0 Å². The van der Waals surface area contributed by atoms with Gasteiger partial charge in [-0.25, -0.2) is 9.37 Å². The van der Waals surface area contributed by atoms with Crippen molar-refractivity contribution in [1.82, 2.24) is 4.98 Å². The summed E-state index contributed by atoms with van der Waals surface area (Å²) in [6, 6.07) is 4.53. The highest BCUT2D eigenvalue weighted by Crippen LogP contribution is 2.24. The Kier molecular flexibility index (Phi) is 4.47. The number of nitrogens with one attached hydrogen (secondary N) is 1. The molecule has 1 aromatic carbocycles. The lowest BCUT2D eigenvalue weighted by atomic mass is 10.1. The molecule has 19 heavy (non-hydrogen) atoms. The number of nitrogens with two attached hydrogens (primary N) is 1. The maximum atomic E-state index is 13.6. The van der Waals surface area contributed by atoms with E-state index < -0.39 is 0 Å². The first kappa shape index (κ1) is 13.9. The number of hydrogen-bond donors (Lipinski definition) is 2. The maximum Gasteiger partial charge on any atom is 0.239 e. The van der Waals surface area contributed by atoms with E-state index in [4.69, 9.17) is 17.3 Å². The highest BCUT2D eigenvalue weighted by Gasteiger charge is 2.11. The van der Waals surface area contributed by atoms with Crippen molar-refractivity contribution < 1.29 is 9.18 Å². The third-order valence-electron chi connectivity index (χ3n) is 2.40. The second-order valence-electron chi connectivity index (χ2n) is 3.77. The van der Waals surface area contributed by atoms with Gasteiger partial charge in [-0.3, -0.25) is 4.79 Å². The summed E-state index contributed by atoms with van der Waals surface area (Å²) in [7, 11) is 0. The molecule has 3 N–H and O–H groups in total. The zero-order valence-corrected chi connectivity index (χ0v) is 11.4. The summed E-state index contributed by atoms with van der Waals surface area (Å²) in [4.78, 5) is 15.3. The van der Waals surface area contributed by atoms with Crippen LogP contribution >= 0.6 is 22.9 Å². The molecule has 0 aliphatic heterocycles. The molecule has 0 radical (unpaired) electrons. The summed E-state index contributed by atoms with van der Waals surface area (Å²) in [5.74, 6) is -0.683. The standard InChI is InChI=1S/C12H11ClFN3OS/c13-9-2-1-3-10(14)8(9)4-7-6-19-12(16-7)17-11(18)5-15/h1-3,6H,4-5,15H2,(H,16,17,18). The second-order valence-corrected chi connectivity index (χ2v) is 5.04. The largest absolute Gasteiger partial charge is 0.322 e. The summed E-state index contributed by atoms with van der Waals surface area (Å²) >= 11 is 7.20. The van der Waals surface area contributed by atoms with Crippen molar-refractivity contribution in [3.05, 3.63) is 45.7 Å². The number of benzene rings is 1. The van der Waals surface area contributed by atoms with Gasteiger partial charge in [0.2, 0.25) is 5.91 Å². The van der Waals surface area contributed by atoms with Crippen molar-refractivity contribution in [2.75, 3.05) is 11.9 Å². The number of rotatable bonds is 4. The Morgan fingerprint density at radius 2 is 2.32 bits per heavy atom. The molecule has 0 aliphatic rings. The summed E-state index contributed by atoms with van der Waals surface area (Å²) in [5, 5.41) is 5.09. The normalized spacial score (nSPS) is 10.5. The van der Waals surface area contributed by atoms with Gasteiger partial charge in [-0.2, -0.15) is 0 Å². The van der Waals surface area contributed by atoms with E-state index in [-0.39, 0.29) is 24.7 Å². The lowest BCUT2D eigenvalue weighted by Crippen LogP contribution is -2.21. The molecule has 100 valence electrons. The molecule has 4 nitrogen and oxygen atoms in total. The molecule has 0 saturated heterocycles. The molecule has 0 atom stereocenters. The molecule has 2 aromatic rings. The van der Waals surface area contributed by atoms with Gasteiger partial charge in [-0.1, -0.05) is 17.7 Å². The number of halogens is 2. The summed E-state index contributed by atoms with van der Waals surface area (Å²) in [6.07, 6.45) is 0.278. The molecular weight excluding hydrogens is 289 g/mol. The van der Waals surface area contributed by atoms with Crippen molar-refractivity contribution in [1.29, 1.82) is 0 Å². The molecule has 7 heteroatoms. The molecule has 1 heterocycles. The van der Waals surface area contributed by atoms with E-state index in [1.807, 2.05) is 0 Å². The Morgan fingerprint density at radius 3 is 3.00 bits per heavy atom. The maximum absolute atomic E-state index is 13.6. The Hall–Kier alpha value is -1.50. The summed E-state index contributed by atoms with van der Waals surface area (Å²) in [6.45, 7) is -0.103. The Bertz CT molecular complexity index is 582. The molecule has 0 bridgehead atoms. The van der Waals surface area contributed by atoms with Crippen LogP contribution in [0.2, 0.25) is 5.02 Å². The van der Waals surface area contributed by atoms with Crippen LogP contribution in [0.1, 0.15) is 11.3 Å². The average Bonchev–Trinajstić information content (AvgIpc) is 2.81. The molecule has 1 aromatic heterocycles. The van der Waals surface area contributed by atoms with Crippen molar-refractivity contribution in [2.45, 2.75) is 6.42 Å². The minimum Gasteiger partial charge on any atom is -0.322 e. The number of amides is 1. The highest BCUT2D eigenvalue weighted by atomic mass is 35.5. The lowest BCUT2D eigenvalue weighted by molar-refractivity contribution is -0.114. The van der Waals surface area contributed by atoms with E-state index in [1.165, 1.54) is 17.4 Å². The van der Waals surface area contributed by atoms with Crippen LogP contribution in [0.4, 0.5) is 9.52 Å². The van der Waals surface area contributed by atoms with Crippen LogP contribution in [-0.2, 0) is 11.2 Å². The van der Waals surface area contributed by atoms with Gasteiger partial charge in [0, 0.05) is 22.4 Å². The minimum atomic E-state index is -0.368. The number of thiazole rings is 1. The van der Waals surface area contributed by atoms with Crippen LogP contribution in [0.3, 0.4) is 0 Å². The predicted octanol–water partition coefficient (Wildman–Crippen LogP) is 2.42. The van der Waals surface area contributed by atoms with Gasteiger partial charge < -0.3 is 11.1 Å². The molecule has 2 rings (SSSR count). The van der Waals surface area contributed by atoms with Gasteiger partial charge in [0.05, 0.1) is 12.2 Å². The van der Waals surface area contributed by atoms with E-state index in [0.29, 0.717) is 21.4 Å². The Balaban J connectivity index is 2.14. The molecule has 0 aliphatic carbocycles. The van der Waals surface area contributed by atoms with Gasteiger partial charge >= 0.3 is 0 Å². The molecule has 1 amide bonds. The average molecular weight is 300 g/mol. The van der Waals surface area contributed by atoms with Gasteiger partial charge in [-0.05, 0) is 12.1 Å². The van der Waals surface area contributed by atoms with E-state index in [9.17, 15) is 9.18 Å². The van der Waals surface area contributed by atoms with E-state index in [1.54, 1.807) is 17.5 Å². The summed E-state index contributed by atoms with van der Waals surface area (Å²) < 4.78 is 13.6. The van der Waals surface area contributed by atoms with Crippen molar-refractivity contribution in [3.63, 3.8) is 0 Å². The van der Waals surface area contributed by atoms with E-state index >= 15 is 0 Å². The number of hydrogen-bond acceptors (Lipinski definition) is 4. The Morgan fingerprint density at radius 1 is 1.53 bits per heavy atom. The fraction of sp³-hybridized carbons (Fsp3) is 0.167. The number of anilines is 1. The smallest absolute Gasteiger partial charge is 0.239 e. The monoisotopic (exact) mass is 299 g/mol. The number of nitrogens with zero attached hydrogens (tertiary/aromatic N) is 1. The zero-order valence-electron chi connectivity index (χ0n) is 9.82. The van der Waals surface area contributed by atoms with Gasteiger partial charge in [0.25, 0.3) is 0 Å². The zero-order chi connectivity index (χ0) is 13.8. The fourth-order valence-electron chi connectivity index (χ4n) is 1.50. The van der Waals surface area contributed by atoms with E-state index in [0.717, 1.165) is 0 Å². The van der Waals surface area contributed by atoms with Gasteiger partial charge in [0.1, 0.15) is 5.82 Å². The molecular formula is C12H11ClFN3OS. The lowest BCUT2D eigenvalue weighted by Gasteiger charge is -2.03.